The molecular formula is C21H25NO5S2. The first-order valence-electron chi connectivity index (χ1n) is 9.16. The average molecular weight is 436 g/mol. The van der Waals surface area contributed by atoms with Crippen molar-refractivity contribution in [3.63, 3.8) is 0 Å². The molecule has 0 bridgehead atoms. The van der Waals surface area contributed by atoms with Gasteiger partial charge >= 0.3 is 0 Å². The van der Waals surface area contributed by atoms with Gasteiger partial charge < -0.3 is 24.3 Å². The van der Waals surface area contributed by atoms with Gasteiger partial charge in [0.15, 0.2) is 29.6 Å². The van der Waals surface area contributed by atoms with Crippen LogP contribution in [0.4, 0.5) is 0 Å². The Morgan fingerprint density at radius 1 is 0.931 bits per heavy atom. The average Bonchev–Trinajstić information content (AvgIpc) is 3.30. The minimum atomic E-state index is -0.215. The van der Waals surface area contributed by atoms with Crippen LogP contribution in [0.3, 0.4) is 0 Å². The van der Waals surface area contributed by atoms with Crippen LogP contribution in [-0.4, -0.2) is 45.3 Å². The molecule has 1 aliphatic rings. The quantitative estimate of drug-likeness (QED) is 0.641. The number of rotatable bonds is 9. The summed E-state index contributed by atoms with van der Waals surface area (Å²) in [5, 5.41) is 2.84. The number of hydrogen-bond acceptors (Lipinski definition) is 7. The minimum Gasteiger partial charge on any atom is -0.493 e. The van der Waals surface area contributed by atoms with Gasteiger partial charge in [-0.15, -0.1) is 23.5 Å². The van der Waals surface area contributed by atoms with Crippen molar-refractivity contribution in [3.8, 4) is 23.0 Å². The molecule has 29 heavy (non-hydrogen) atoms. The number of nitrogens with one attached hydrogen (secondary N) is 1. The van der Waals surface area contributed by atoms with E-state index in [1.807, 2.05) is 59.9 Å². The second kappa shape index (κ2) is 10.5. The second-order valence-electron chi connectivity index (χ2n) is 6.24. The molecule has 1 N–H and O–H groups in total. The van der Waals surface area contributed by atoms with Crippen LogP contribution in [-0.2, 0) is 11.3 Å². The SMILES string of the molecule is COc1ccc(CNC(=O)COc2ccc(C3SCCS3)cc2OC)cc1OC. The Balaban J connectivity index is 1.53. The van der Waals surface area contributed by atoms with Gasteiger partial charge in [-0.05, 0) is 35.4 Å². The summed E-state index contributed by atoms with van der Waals surface area (Å²) in [5.41, 5.74) is 2.11. The van der Waals surface area contributed by atoms with Gasteiger partial charge in [0.05, 0.1) is 25.9 Å². The van der Waals surface area contributed by atoms with Gasteiger partial charge in [-0.1, -0.05) is 12.1 Å². The Morgan fingerprint density at radius 3 is 2.28 bits per heavy atom. The highest BCUT2D eigenvalue weighted by atomic mass is 32.2. The molecule has 0 radical (unpaired) electrons. The van der Waals surface area contributed by atoms with E-state index in [2.05, 4.69) is 5.32 Å². The number of amides is 1. The molecule has 0 saturated carbocycles. The normalized spacial score (nSPS) is 13.8. The zero-order chi connectivity index (χ0) is 20.6. The molecule has 1 amide bonds. The van der Waals surface area contributed by atoms with E-state index in [1.54, 1.807) is 21.3 Å². The summed E-state index contributed by atoms with van der Waals surface area (Å²) >= 11 is 3.87. The topological polar surface area (TPSA) is 66.0 Å². The number of carbonyl (C=O) groups excluding carboxylic acids is 1. The van der Waals surface area contributed by atoms with Crippen LogP contribution in [0.2, 0.25) is 0 Å². The Morgan fingerprint density at radius 2 is 1.59 bits per heavy atom. The largest absolute Gasteiger partial charge is 0.493 e. The fourth-order valence-corrected chi connectivity index (χ4v) is 5.72. The van der Waals surface area contributed by atoms with Gasteiger partial charge in [0.2, 0.25) is 0 Å². The maximum absolute atomic E-state index is 12.2. The Kier molecular flexibility index (Phi) is 7.83. The summed E-state index contributed by atoms with van der Waals surface area (Å²) < 4.78 is 22.1. The first kappa shape index (κ1) is 21.5. The van der Waals surface area contributed by atoms with Crippen molar-refractivity contribution in [3.05, 3.63) is 47.5 Å². The molecule has 1 aliphatic heterocycles. The number of ether oxygens (including phenoxy) is 4. The number of benzene rings is 2. The molecule has 3 rings (SSSR count). The van der Waals surface area contributed by atoms with Crippen molar-refractivity contribution in [2.24, 2.45) is 0 Å². The van der Waals surface area contributed by atoms with E-state index in [4.69, 9.17) is 18.9 Å². The zero-order valence-electron chi connectivity index (χ0n) is 16.7. The van der Waals surface area contributed by atoms with Crippen LogP contribution in [0, 0.1) is 0 Å². The third-order valence-corrected chi connectivity index (χ3v) is 7.48. The molecule has 8 heteroatoms. The summed E-state index contributed by atoms with van der Waals surface area (Å²) in [4.78, 5) is 12.2. The molecule has 0 aromatic heterocycles. The van der Waals surface area contributed by atoms with E-state index < -0.39 is 0 Å². The molecule has 1 saturated heterocycles. The van der Waals surface area contributed by atoms with Crippen molar-refractivity contribution in [2.45, 2.75) is 11.1 Å². The Hall–Kier alpha value is -2.19. The highest BCUT2D eigenvalue weighted by molar-refractivity contribution is 8.19. The van der Waals surface area contributed by atoms with Crippen LogP contribution in [0.5, 0.6) is 23.0 Å². The maximum Gasteiger partial charge on any atom is 0.258 e. The summed E-state index contributed by atoms with van der Waals surface area (Å²) in [6.45, 7) is 0.282. The van der Waals surface area contributed by atoms with Crippen LogP contribution >= 0.6 is 23.5 Å². The number of hydrogen-bond donors (Lipinski definition) is 1. The number of carbonyl (C=O) groups is 1. The summed E-state index contributed by atoms with van der Waals surface area (Å²) in [6, 6.07) is 11.4. The molecule has 1 heterocycles. The summed E-state index contributed by atoms with van der Waals surface area (Å²) in [5.74, 6) is 4.59. The van der Waals surface area contributed by atoms with Crippen LogP contribution in [0.25, 0.3) is 0 Å². The van der Waals surface area contributed by atoms with Crippen molar-refractivity contribution < 1.29 is 23.7 Å². The summed E-state index contributed by atoms with van der Waals surface area (Å²) in [6.07, 6.45) is 0. The molecule has 2 aromatic carbocycles. The van der Waals surface area contributed by atoms with E-state index in [9.17, 15) is 4.79 Å². The maximum atomic E-state index is 12.2. The lowest BCUT2D eigenvalue weighted by molar-refractivity contribution is -0.123. The highest BCUT2D eigenvalue weighted by Gasteiger charge is 2.20. The third kappa shape index (κ3) is 5.67. The van der Waals surface area contributed by atoms with Crippen molar-refractivity contribution in [1.29, 1.82) is 0 Å². The monoisotopic (exact) mass is 435 g/mol. The van der Waals surface area contributed by atoms with E-state index >= 15 is 0 Å². The molecule has 6 nitrogen and oxygen atoms in total. The van der Waals surface area contributed by atoms with Gasteiger partial charge in [-0.3, -0.25) is 4.79 Å². The minimum absolute atomic E-state index is 0.0874. The zero-order valence-corrected chi connectivity index (χ0v) is 18.4. The molecule has 0 spiro atoms. The third-order valence-electron chi connectivity index (χ3n) is 4.38. The van der Waals surface area contributed by atoms with Crippen molar-refractivity contribution in [2.75, 3.05) is 39.4 Å². The second-order valence-corrected chi connectivity index (χ2v) is 8.96. The van der Waals surface area contributed by atoms with Gasteiger partial charge in [0.1, 0.15) is 0 Å². The first-order valence-corrected chi connectivity index (χ1v) is 11.3. The van der Waals surface area contributed by atoms with Crippen LogP contribution in [0.15, 0.2) is 36.4 Å². The predicted molar refractivity (Wildman–Crippen MR) is 118 cm³/mol. The lowest BCUT2D eigenvalue weighted by Gasteiger charge is -2.14. The smallest absolute Gasteiger partial charge is 0.258 e. The molecule has 2 aromatic rings. The van der Waals surface area contributed by atoms with Gasteiger partial charge in [0.25, 0.3) is 5.91 Å². The lowest BCUT2D eigenvalue weighted by atomic mass is 10.2. The molecule has 156 valence electrons. The van der Waals surface area contributed by atoms with Gasteiger partial charge in [-0.2, -0.15) is 0 Å². The molecular weight excluding hydrogens is 410 g/mol. The van der Waals surface area contributed by atoms with Crippen LogP contribution in [0.1, 0.15) is 15.7 Å². The molecule has 0 aliphatic carbocycles. The summed E-state index contributed by atoms with van der Waals surface area (Å²) in [7, 11) is 4.78. The van der Waals surface area contributed by atoms with Crippen molar-refractivity contribution >= 4 is 29.4 Å². The fourth-order valence-electron chi connectivity index (χ4n) is 2.89. The van der Waals surface area contributed by atoms with Gasteiger partial charge in [-0.25, -0.2) is 0 Å². The van der Waals surface area contributed by atoms with Crippen LogP contribution < -0.4 is 24.3 Å². The highest BCUT2D eigenvalue weighted by Crippen LogP contribution is 2.46. The fraction of sp³-hybridized carbons (Fsp3) is 0.381. The molecule has 1 fully saturated rings. The number of thioether (sulfide) groups is 2. The Labute approximate surface area is 179 Å². The lowest BCUT2D eigenvalue weighted by Crippen LogP contribution is -2.28. The van der Waals surface area contributed by atoms with E-state index in [0.717, 1.165) is 17.1 Å². The Bertz CT molecular complexity index is 840. The van der Waals surface area contributed by atoms with E-state index in [1.165, 1.54) is 5.56 Å². The first-order chi connectivity index (χ1) is 14.1. The molecule has 0 atom stereocenters. The standard InChI is InChI=1S/C21H25NO5S2/c1-24-16-6-4-14(10-18(16)25-2)12-22-20(23)13-27-17-7-5-15(11-19(17)26-3)21-28-8-9-29-21/h4-7,10-11,21H,8-9,12-13H2,1-3H3,(H,22,23). The molecule has 0 unspecified atom stereocenters. The van der Waals surface area contributed by atoms with E-state index in [-0.39, 0.29) is 12.5 Å². The predicted octanol–water partition coefficient (Wildman–Crippen LogP) is 3.89. The van der Waals surface area contributed by atoms with Crippen molar-refractivity contribution in [1.82, 2.24) is 5.32 Å². The van der Waals surface area contributed by atoms with Gasteiger partial charge in [0, 0.05) is 18.1 Å². The number of methoxy groups -OCH3 is 3. The van der Waals surface area contributed by atoms with E-state index in [0.29, 0.717) is 34.1 Å².